The van der Waals surface area contributed by atoms with Crippen LogP contribution in [-0.2, 0) is 26.1 Å². The third kappa shape index (κ3) is 4.60. The summed E-state index contributed by atoms with van der Waals surface area (Å²) in [5, 5.41) is 0.267. The molecule has 32 heavy (non-hydrogen) atoms. The number of rotatable bonds is 6. The van der Waals surface area contributed by atoms with E-state index in [1.165, 1.54) is 42.0 Å². The average molecular weight is 498 g/mol. The number of benzene rings is 2. The summed E-state index contributed by atoms with van der Waals surface area (Å²) in [5.74, 6) is 0.249. The highest BCUT2D eigenvalue weighted by Gasteiger charge is 2.21. The molecule has 1 aliphatic heterocycles. The van der Waals surface area contributed by atoms with E-state index in [0.29, 0.717) is 42.3 Å². The third-order valence-electron chi connectivity index (χ3n) is 5.01. The second kappa shape index (κ2) is 9.10. The minimum Gasteiger partial charge on any atom is -0.495 e. The van der Waals surface area contributed by atoms with Gasteiger partial charge in [-0.25, -0.2) is 8.42 Å². The summed E-state index contributed by atoms with van der Waals surface area (Å²) in [6.07, 6.45) is 0. The summed E-state index contributed by atoms with van der Waals surface area (Å²) in [4.78, 5) is 26.4. The zero-order chi connectivity index (χ0) is 22.9. The van der Waals surface area contributed by atoms with Crippen LogP contribution in [0.3, 0.4) is 0 Å². The monoisotopic (exact) mass is 497 g/mol. The maximum Gasteiger partial charge on any atom is 0.308 e. The molecule has 3 aromatic rings. The van der Waals surface area contributed by atoms with Crippen molar-refractivity contribution in [3.63, 3.8) is 0 Å². The molecule has 2 heterocycles. The topological polar surface area (TPSA) is 107 Å². The first kappa shape index (κ1) is 22.6. The highest BCUT2D eigenvalue weighted by molar-refractivity contribution is 7.92. The van der Waals surface area contributed by atoms with E-state index in [9.17, 15) is 18.0 Å². The summed E-state index contributed by atoms with van der Waals surface area (Å²) in [6.45, 7) is 1.81. The Morgan fingerprint density at radius 3 is 2.66 bits per heavy atom. The van der Waals surface area contributed by atoms with Crippen LogP contribution in [0.2, 0.25) is 5.02 Å². The van der Waals surface area contributed by atoms with Crippen molar-refractivity contribution < 1.29 is 22.7 Å². The van der Waals surface area contributed by atoms with Gasteiger partial charge in [0.2, 0.25) is 5.91 Å². The van der Waals surface area contributed by atoms with Gasteiger partial charge in [-0.15, -0.1) is 0 Å². The lowest BCUT2D eigenvalue weighted by atomic mass is 10.3. The van der Waals surface area contributed by atoms with Gasteiger partial charge in [-0.2, -0.15) is 0 Å². The molecule has 0 saturated carbocycles. The van der Waals surface area contributed by atoms with Crippen molar-refractivity contribution in [1.29, 1.82) is 0 Å². The number of carbonyl (C=O) groups is 1. The minimum absolute atomic E-state index is 0.00940. The minimum atomic E-state index is -3.93. The molecule has 170 valence electrons. The van der Waals surface area contributed by atoms with E-state index in [0.717, 1.165) is 11.3 Å². The van der Waals surface area contributed by atoms with Gasteiger partial charge in [-0.1, -0.05) is 22.9 Å². The second-order valence-electron chi connectivity index (χ2n) is 7.03. The Morgan fingerprint density at radius 1 is 1.22 bits per heavy atom. The Balaban J connectivity index is 1.59. The predicted molar refractivity (Wildman–Crippen MR) is 122 cm³/mol. The molecule has 0 aliphatic carbocycles. The largest absolute Gasteiger partial charge is 0.495 e. The van der Waals surface area contributed by atoms with Gasteiger partial charge in [-0.3, -0.25) is 18.9 Å². The summed E-state index contributed by atoms with van der Waals surface area (Å²) in [6, 6.07) is 8.90. The fraction of sp³-hybridized carbons (Fsp3) is 0.300. The van der Waals surface area contributed by atoms with Crippen molar-refractivity contribution in [3.05, 3.63) is 51.1 Å². The maximum atomic E-state index is 12.8. The van der Waals surface area contributed by atoms with Gasteiger partial charge in [0.05, 0.1) is 46.1 Å². The first-order chi connectivity index (χ1) is 15.3. The molecular formula is C20H20ClN3O6S2. The van der Waals surface area contributed by atoms with Gasteiger partial charge in [0.25, 0.3) is 10.0 Å². The van der Waals surface area contributed by atoms with Gasteiger partial charge in [0.1, 0.15) is 12.3 Å². The number of ether oxygens (including phenoxy) is 2. The molecule has 1 amide bonds. The lowest BCUT2D eigenvalue weighted by Crippen LogP contribution is -2.43. The summed E-state index contributed by atoms with van der Waals surface area (Å²) in [7, 11) is -2.46. The predicted octanol–water partition coefficient (Wildman–Crippen LogP) is 2.38. The van der Waals surface area contributed by atoms with E-state index in [4.69, 9.17) is 21.1 Å². The molecule has 0 spiro atoms. The van der Waals surface area contributed by atoms with E-state index >= 15 is 0 Å². The van der Waals surface area contributed by atoms with Crippen LogP contribution in [0.25, 0.3) is 10.2 Å². The molecule has 12 heteroatoms. The van der Waals surface area contributed by atoms with Crippen LogP contribution in [-0.4, -0.2) is 57.2 Å². The molecule has 0 bridgehead atoms. The van der Waals surface area contributed by atoms with Crippen LogP contribution in [0, 0.1) is 0 Å². The SMILES string of the molecule is COc1ccc(NS(=O)(=O)c2ccc3c(c2)sc(=O)n3CC(=O)N2CCOCC2)cc1Cl. The first-order valence-electron chi connectivity index (χ1n) is 9.64. The number of anilines is 1. The summed E-state index contributed by atoms with van der Waals surface area (Å²) < 4.78 is 40.3. The van der Waals surface area contributed by atoms with Crippen LogP contribution in [0.5, 0.6) is 5.75 Å². The van der Waals surface area contributed by atoms with Crippen LogP contribution < -0.4 is 14.3 Å². The first-order valence-corrected chi connectivity index (χ1v) is 12.3. The van der Waals surface area contributed by atoms with Gasteiger partial charge in [-0.05, 0) is 36.4 Å². The van der Waals surface area contributed by atoms with Crippen molar-refractivity contribution in [1.82, 2.24) is 9.47 Å². The average Bonchev–Trinajstić information content (AvgIpc) is 3.08. The van der Waals surface area contributed by atoms with E-state index < -0.39 is 10.0 Å². The molecule has 1 aromatic heterocycles. The third-order valence-corrected chi connectivity index (χ3v) is 7.63. The van der Waals surface area contributed by atoms with Crippen LogP contribution >= 0.6 is 22.9 Å². The lowest BCUT2D eigenvalue weighted by Gasteiger charge is -2.26. The van der Waals surface area contributed by atoms with E-state index in [-0.39, 0.29) is 32.9 Å². The molecule has 2 aromatic carbocycles. The Morgan fingerprint density at radius 2 is 1.97 bits per heavy atom. The van der Waals surface area contributed by atoms with Gasteiger partial charge < -0.3 is 14.4 Å². The number of amides is 1. The number of hydrogen-bond acceptors (Lipinski definition) is 7. The normalized spacial score (nSPS) is 14.5. The van der Waals surface area contributed by atoms with Crippen LogP contribution in [0.1, 0.15) is 0 Å². The zero-order valence-corrected chi connectivity index (χ0v) is 19.4. The molecule has 0 radical (unpaired) electrons. The molecule has 0 unspecified atom stereocenters. The quantitative estimate of drug-likeness (QED) is 0.560. The van der Waals surface area contributed by atoms with E-state index in [1.54, 1.807) is 11.0 Å². The van der Waals surface area contributed by atoms with Gasteiger partial charge in [0.15, 0.2) is 0 Å². The Hall–Kier alpha value is -2.60. The molecule has 1 saturated heterocycles. The molecule has 1 aliphatic rings. The van der Waals surface area contributed by atoms with Crippen molar-refractivity contribution >= 4 is 54.8 Å². The molecule has 0 atom stereocenters. The van der Waals surface area contributed by atoms with Gasteiger partial charge >= 0.3 is 4.87 Å². The Labute approximate surface area is 193 Å². The number of morpholine rings is 1. The number of sulfonamides is 1. The number of aromatic nitrogens is 1. The zero-order valence-electron chi connectivity index (χ0n) is 17.0. The Kier molecular flexibility index (Phi) is 6.42. The van der Waals surface area contributed by atoms with Gasteiger partial charge in [0, 0.05) is 13.1 Å². The fourth-order valence-corrected chi connectivity index (χ4v) is 5.69. The number of carbonyl (C=O) groups excluding carboxylic acids is 1. The number of halogens is 1. The summed E-state index contributed by atoms with van der Waals surface area (Å²) >= 11 is 6.96. The van der Waals surface area contributed by atoms with Crippen LogP contribution in [0.15, 0.2) is 46.1 Å². The van der Waals surface area contributed by atoms with Crippen molar-refractivity contribution in [2.75, 3.05) is 38.1 Å². The van der Waals surface area contributed by atoms with Crippen molar-refractivity contribution in [3.8, 4) is 5.75 Å². The number of nitrogens with zero attached hydrogens (tertiary/aromatic N) is 2. The van der Waals surface area contributed by atoms with Crippen molar-refractivity contribution in [2.24, 2.45) is 0 Å². The molecule has 4 rings (SSSR count). The number of thiazole rings is 1. The number of fused-ring (bicyclic) bond motifs is 1. The highest BCUT2D eigenvalue weighted by Crippen LogP contribution is 2.29. The molecule has 1 fully saturated rings. The number of hydrogen-bond donors (Lipinski definition) is 1. The maximum absolute atomic E-state index is 12.8. The van der Waals surface area contributed by atoms with Crippen molar-refractivity contribution in [2.45, 2.75) is 11.4 Å². The van der Waals surface area contributed by atoms with Crippen LogP contribution in [0.4, 0.5) is 5.69 Å². The smallest absolute Gasteiger partial charge is 0.308 e. The summed E-state index contributed by atoms with van der Waals surface area (Å²) in [5.41, 5.74) is 0.783. The Bertz CT molecular complexity index is 1330. The molecular weight excluding hydrogens is 478 g/mol. The van der Waals surface area contributed by atoms with E-state index in [2.05, 4.69) is 4.72 Å². The second-order valence-corrected chi connectivity index (χ2v) is 10.1. The molecule has 9 nitrogen and oxygen atoms in total. The van der Waals surface area contributed by atoms with E-state index in [1.807, 2.05) is 0 Å². The highest BCUT2D eigenvalue weighted by atomic mass is 35.5. The standard InChI is InChI=1S/C20H20ClN3O6S2/c1-29-17-5-2-13(10-15(17)21)22-32(27,28)14-3-4-16-18(11-14)31-20(26)24(16)12-19(25)23-6-8-30-9-7-23/h2-5,10-11,22H,6-9,12H2,1H3. The fourth-order valence-electron chi connectivity index (χ4n) is 3.36. The molecule has 1 N–H and O–H groups in total. The lowest BCUT2D eigenvalue weighted by molar-refractivity contribution is -0.135. The number of methoxy groups -OCH3 is 1. The number of nitrogens with one attached hydrogen (secondary N) is 1.